The first-order chi connectivity index (χ1) is 4.33. The van der Waals surface area contributed by atoms with Crippen molar-refractivity contribution in [1.29, 1.82) is 0 Å². The molecule has 5 heteroatoms. The molecule has 1 aromatic heterocycles. The van der Waals surface area contributed by atoms with Crippen molar-refractivity contribution in [3.8, 4) is 0 Å². The van der Waals surface area contributed by atoms with Gasteiger partial charge in [-0.05, 0) is 5.18 Å². The number of nitrogens with zero attached hydrogens (tertiary/aromatic N) is 3. The summed E-state index contributed by atoms with van der Waals surface area (Å²) >= 11 is 0. The molecule has 5 nitrogen and oxygen atoms in total. The molecule has 0 aliphatic heterocycles. The van der Waals surface area contributed by atoms with Crippen LogP contribution >= 0.6 is 0 Å². The van der Waals surface area contributed by atoms with Gasteiger partial charge < -0.3 is 5.73 Å². The Balaban J connectivity index is 3.07. The summed E-state index contributed by atoms with van der Waals surface area (Å²) in [5.74, 6) is 0.120. The first-order valence-electron chi connectivity index (χ1n) is 2.25. The monoisotopic (exact) mass is 124 g/mol. The maximum Gasteiger partial charge on any atom is 0.222 e. The number of hydrogen-bond donors (Lipinski definition) is 1. The molecular weight excluding hydrogens is 120 g/mol. The van der Waals surface area contributed by atoms with Gasteiger partial charge in [0.2, 0.25) is 11.8 Å². The summed E-state index contributed by atoms with van der Waals surface area (Å²) in [6.45, 7) is 0. The fourth-order valence-electron chi connectivity index (χ4n) is 0.415. The van der Waals surface area contributed by atoms with Gasteiger partial charge in [-0.3, -0.25) is 0 Å². The number of anilines is 1. The Bertz CT molecular complexity index is 224. The average Bonchev–Trinajstić information content (AvgIpc) is 1.88. The van der Waals surface area contributed by atoms with Crippen molar-refractivity contribution in [3.63, 3.8) is 0 Å². The molecule has 0 saturated heterocycles. The summed E-state index contributed by atoms with van der Waals surface area (Å²) in [5, 5.41) is 2.55. The number of hydrogen-bond acceptors (Lipinski definition) is 5. The summed E-state index contributed by atoms with van der Waals surface area (Å²) in [7, 11) is 0. The zero-order valence-corrected chi connectivity index (χ0v) is 4.48. The molecule has 0 aromatic carbocycles. The minimum Gasteiger partial charge on any atom is -0.368 e. The van der Waals surface area contributed by atoms with Crippen LogP contribution in [0.25, 0.3) is 0 Å². The van der Waals surface area contributed by atoms with Gasteiger partial charge in [0, 0.05) is 12.3 Å². The highest BCUT2D eigenvalue weighted by Gasteiger charge is 1.90. The second kappa shape index (κ2) is 2.17. The highest BCUT2D eigenvalue weighted by molar-refractivity contribution is 5.30. The van der Waals surface area contributed by atoms with Crippen LogP contribution in [0.2, 0.25) is 0 Å². The second-order valence-electron chi connectivity index (χ2n) is 1.36. The number of rotatable bonds is 1. The van der Waals surface area contributed by atoms with E-state index in [2.05, 4.69) is 15.1 Å². The van der Waals surface area contributed by atoms with Crippen LogP contribution in [0.4, 0.5) is 11.8 Å². The van der Waals surface area contributed by atoms with Crippen molar-refractivity contribution in [2.24, 2.45) is 5.18 Å². The first kappa shape index (κ1) is 5.61. The highest BCUT2D eigenvalue weighted by Crippen LogP contribution is 2.04. The van der Waals surface area contributed by atoms with E-state index >= 15 is 0 Å². The van der Waals surface area contributed by atoms with Crippen molar-refractivity contribution in [1.82, 2.24) is 9.97 Å². The molecule has 0 fully saturated rings. The summed E-state index contributed by atoms with van der Waals surface area (Å²) in [5.41, 5.74) is 5.11. The molecule has 0 bridgehead atoms. The van der Waals surface area contributed by atoms with Crippen LogP contribution in [0.15, 0.2) is 17.4 Å². The summed E-state index contributed by atoms with van der Waals surface area (Å²) < 4.78 is 0. The van der Waals surface area contributed by atoms with E-state index in [4.69, 9.17) is 5.73 Å². The molecule has 9 heavy (non-hydrogen) atoms. The van der Waals surface area contributed by atoms with Crippen LogP contribution in [-0.4, -0.2) is 9.97 Å². The largest absolute Gasteiger partial charge is 0.368 e. The lowest BCUT2D eigenvalue weighted by Gasteiger charge is -1.87. The Hall–Kier alpha value is -1.52. The molecule has 0 unspecified atom stereocenters. The summed E-state index contributed by atoms with van der Waals surface area (Å²) in [6.07, 6.45) is 1.37. The third-order valence-electron chi connectivity index (χ3n) is 0.753. The third kappa shape index (κ3) is 1.18. The van der Waals surface area contributed by atoms with Gasteiger partial charge in [-0.15, -0.1) is 4.91 Å². The number of nitrogens with two attached hydrogens (primary N) is 1. The molecule has 2 N–H and O–H groups in total. The van der Waals surface area contributed by atoms with Gasteiger partial charge in [0.05, 0.1) is 0 Å². The normalized spacial score (nSPS) is 8.89. The molecule has 0 spiro atoms. The smallest absolute Gasteiger partial charge is 0.222 e. The predicted molar refractivity (Wildman–Crippen MR) is 31.9 cm³/mol. The molecule has 0 amide bonds. The van der Waals surface area contributed by atoms with Gasteiger partial charge in [-0.1, -0.05) is 0 Å². The van der Waals surface area contributed by atoms with Crippen molar-refractivity contribution >= 4 is 11.8 Å². The number of nitrogen functional groups attached to an aromatic ring is 1. The molecule has 0 aliphatic rings. The zero-order chi connectivity index (χ0) is 6.69. The Morgan fingerprint density at radius 3 is 2.89 bits per heavy atom. The molecule has 0 saturated carbocycles. The van der Waals surface area contributed by atoms with Gasteiger partial charge in [0.1, 0.15) is 0 Å². The SMILES string of the molecule is Nc1nccc(N=O)n1. The van der Waals surface area contributed by atoms with E-state index in [1.54, 1.807) is 0 Å². The molecule has 0 aliphatic carbocycles. The first-order valence-corrected chi connectivity index (χ1v) is 2.25. The lowest BCUT2D eigenvalue weighted by atomic mass is 10.6. The maximum absolute atomic E-state index is 9.76. The minimum atomic E-state index is 0.0579. The van der Waals surface area contributed by atoms with Crippen LogP contribution in [0.1, 0.15) is 0 Å². The molecule has 0 atom stereocenters. The fourth-order valence-corrected chi connectivity index (χ4v) is 0.415. The van der Waals surface area contributed by atoms with Gasteiger partial charge in [-0.2, -0.15) is 4.98 Å². The lowest BCUT2D eigenvalue weighted by Crippen LogP contribution is -1.91. The molecule has 1 rings (SSSR count). The van der Waals surface area contributed by atoms with E-state index in [0.717, 1.165) is 0 Å². The maximum atomic E-state index is 9.76. The Morgan fingerprint density at radius 1 is 1.67 bits per heavy atom. The molecule has 1 aromatic rings. The standard InChI is InChI=1S/C4H4N4O/c5-4-6-2-1-3(7-4)8-9/h1-2H,(H2,5,6,7). The van der Waals surface area contributed by atoms with Crippen LogP contribution in [-0.2, 0) is 0 Å². The predicted octanol–water partition coefficient (Wildman–Crippen LogP) is 0.457. The van der Waals surface area contributed by atoms with E-state index in [9.17, 15) is 4.91 Å². The van der Waals surface area contributed by atoms with E-state index < -0.39 is 0 Å². The lowest BCUT2D eigenvalue weighted by molar-refractivity contribution is 1.16. The number of nitroso groups, excluding NO2 is 1. The zero-order valence-electron chi connectivity index (χ0n) is 4.48. The van der Waals surface area contributed by atoms with Gasteiger partial charge in [0.25, 0.3) is 0 Å². The minimum absolute atomic E-state index is 0.0579. The van der Waals surface area contributed by atoms with Crippen molar-refractivity contribution < 1.29 is 0 Å². The van der Waals surface area contributed by atoms with Crippen LogP contribution in [0, 0.1) is 4.91 Å². The highest BCUT2D eigenvalue weighted by atomic mass is 16.3. The molecule has 46 valence electrons. The Kier molecular flexibility index (Phi) is 1.35. The average molecular weight is 124 g/mol. The van der Waals surface area contributed by atoms with Crippen LogP contribution < -0.4 is 5.73 Å². The van der Waals surface area contributed by atoms with Gasteiger partial charge >= 0.3 is 0 Å². The van der Waals surface area contributed by atoms with Gasteiger partial charge in [0.15, 0.2) is 0 Å². The van der Waals surface area contributed by atoms with Crippen molar-refractivity contribution in [2.45, 2.75) is 0 Å². The van der Waals surface area contributed by atoms with Crippen LogP contribution in [0.5, 0.6) is 0 Å². The third-order valence-corrected chi connectivity index (χ3v) is 0.753. The Morgan fingerprint density at radius 2 is 2.44 bits per heavy atom. The molecular formula is C4H4N4O. The van der Waals surface area contributed by atoms with Crippen LogP contribution in [0.3, 0.4) is 0 Å². The van der Waals surface area contributed by atoms with E-state index in [-0.39, 0.29) is 11.8 Å². The van der Waals surface area contributed by atoms with E-state index in [1.165, 1.54) is 12.3 Å². The quantitative estimate of drug-likeness (QED) is 0.551. The van der Waals surface area contributed by atoms with Crippen molar-refractivity contribution in [3.05, 3.63) is 17.2 Å². The Labute approximate surface area is 50.9 Å². The summed E-state index contributed by atoms with van der Waals surface area (Å²) in [4.78, 5) is 16.8. The summed E-state index contributed by atoms with van der Waals surface area (Å²) in [6, 6.07) is 1.38. The van der Waals surface area contributed by atoms with Crippen molar-refractivity contribution in [2.75, 3.05) is 5.73 Å². The van der Waals surface area contributed by atoms with E-state index in [1.807, 2.05) is 0 Å². The molecule has 0 radical (unpaired) electrons. The molecule has 1 heterocycles. The topological polar surface area (TPSA) is 81.2 Å². The second-order valence-corrected chi connectivity index (χ2v) is 1.36. The number of aromatic nitrogens is 2. The fraction of sp³-hybridized carbons (Fsp3) is 0. The van der Waals surface area contributed by atoms with E-state index in [0.29, 0.717) is 0 Å². The van der Waals surface area contributed by atoms with Gasteiger partial charge in [-0.25, -0.2) is 4.98 Å².